The van der Waals surface area contributed by atoms with Crippen molar-refractivity contribution < 1.29 is 9.90 Å². The molecular formula is C8H19N3O2. The lowest BCUT2D eigenvalue weighted by atomic mass is 10.2. The molecule has 0 aromatic carbocycles. The van der Waals surface area contributed by atoms with E-state index in [9.17, 15) is 4.79 Å². The molecule has 1 unspecified atom stereocenters. The molecule has 0 heterocycles. The van der Waals surface area contributed by atoms with Crippen LogP contribution in [-0.2, 0) is 0 Å². The molecule has 0 aromatic heterocycles. The molecule has 0 saturated heterocycles. The number of hydrogen-bond acceptors (Lipinski definition) is 3. The molecule has 0 aliphatic heterocycles. The van der Waals surface area contributed by atoms with Gasteiger partial charge in [0.15, 0.2) is 0 Å². The number of nitrogens with two attached hydrogens (primary N) is 1. The third-order valence-electron chi connectivity index (χ3n) is 2.03. The molecule has 78 valence electrons. The van der Waals surface area contributed by atoms with Gasteiger partial charge in [-0.25, -0.2) is 4.79 Å². The van der Waals surface area contributed by atoms with Crippen LogP contribution in [0.3, 0.4) is 0 Å². The van der Waals surface area contributed by atoms with Crippen LogP contribution in [0.2, 0.25) is 0 Å². The number of rotatable bonds is 5. The van der Waals surface area contributed by atoms with Gasteiger partial charge in [-0.3, -0.25) is 0 Å². The molecule has 5 nitrogen and oxygen atoms in total. The first-order valence-electron chi connectivity index (χ1n) is 4.29. The predicted octanol–water partition coefficient (Wildman–Crippen LogP) is -0.125. The maximum atomic E-state index is 10.6. The molecule has 13 heavy (non-hydrogen) atoms. The van der Waals surface area contributed by atoms with Crippen LogP contribution in [0, 0.1) is 0 Å². The minimum Gasteiger partial charge on any atom is -0.465 e. The first-order valence-corrected chi connectivity index (χ1v) is 4.29. The van der Waals surface area contributed by atoms with Gasteiger partial charge in [0.25, 0.3) is 0 Å². The Morgan fingerprint density at radius 3 is 2.31 bits per heavy atom. The monoisotopic (exact) mass is 189 g/mol. The van der Waals surface area contributed by atoms with Crippen LogP contribution in [-0.4, -0.2) is 61.3 Å². The summed E-state index contributed by atoms with van der Waals surface area (Å²) in [6, 6.07) is -0.0834. The zero-order chi connectivity index (χ0) is 10.4. The molecule has 0 saturated carbocycles. The van der Waals surface area contributed by atoms with Crippen molar-refractivity contribution >= 4 is 6.09 Å². The average Bonchev–Trinajstić information content (AvgIpc) is 2.04. The molecule has 0 aliphatic rings. The molecule has 0 radical (unpaired) electrons. The summed E-state index contributed by atoms with van der Waals surface area (Å²) in [4.78, 5) is 13.9. The highest BCUT2D eigenvalue weighted by Gasteiger charge is 2.17. The summed E-state index contributed by atoms with van der Waals surface area (Å²) in [7, 11) is 5.46. The Labute approximate surface area is 79.1 Å². The van der Waals surface area contributed by atoms with Crippen LogP contribution in [0.25, 0.3) is 0 Å². The van der Waals surface area contributed by atoms with Crippen LogP contribution in [0.1, 0.15) is 6.42 Å². The Morgan fingerprint density at radius 2 is 2.00 bits per heavy atom. The second-order valence-electron chi connectivity index (χ2n) is 3.37. The largest absolute Gasteiger partial charge is 0.465 e. The van der Waals surface area contributed by atoms with Gasteiger partial charge in [0.1, 0.15) is 0 Å². The van der Waals surface area contributed by atoms with E-state index in [2.05, 4.69) is 0 Å². The van der Waals surface area contributed by atoms with Gasteiger partial charge >= 0.3 is 6.09 Å². The van der Waals surface area contributed by atoms with E-state index >= 15 is 0 Å². The lowest BCUT2D eigenvalue weighted by Gasteiger charge is -2.25. The normalized spacial score (nSPS) is 13.0. The second kappa shape index (κ2) is 5.77. The smallest absolute Gasteiger partial charge is 0.407 e. The summed E-state index contributed by atoms with van der Waals surface area (Å²) in [5, 5.41) is 8.71. The highest BCUT2D eigenvalue weighted by molar-refractivity contribution is 5.64. The molecule has 0 bridgehead atoms. The number of likely N-dealkylation sites (N-methyl/N-ethyl adjacent to an activating group) is 1. The van der Waals surface area contributed by atoms with Gasteiger partial charge in [-0.15, -0.1) is 0 Å². The molecule has 0 aromatic rings. The van der Waals surface area contributed by atoms with Crippen molar-refractivity contribution in [1.29, 1.82) is 0 Å². The first-order chi connectivity index (χ1) is 5.99. The van der Waals surface area contributed by atoms with Crippen LogP contribution in [0.5, 0.6) is 0 Å². The quantitative estimate of drug-likeness (QED) is 0.632. The van der Waals surface area contributed by atoms with Crippen molar-refractivity contribution in [2.75, 3.05) is 34.2 Å². The van der Waals surface area contributed by atoms with E-state index in [1.54, 1.807) is 7.05 Å². The van der Waals surface area contributed by atoms with E-state index < -0.39 is 6.09 Å². The van der Waals surface area contributed by atoms with E-state index in [0.717, 1.165) is 13.0 Å². The van der Waals surface area contributed by atoms with Crippen LogP contribution >= 0.6 is 0 Å². The fourth-order valence-electron chi connectivity index (χ4n) is 1.03. The van der Waals surface area contributed by atoms with Gasteiger partial charge < -0.3 is 20.6 Å². The third-order valence-corrected chi connectivity index (χ3v) is 2.03. The number of nitrogens with zero attached hydrogens (tertiary/aromatic N) is 2. The number of carbonyl (C=O) groups is 1. The van der Waals surface area contributed by atoms with Crippen molar-refractivity contribution in [2.45, 2.75) is 12.5 Å². The maximum Gasteiger partial charge on any atom is 0.407 e. The van der Waals surface area contributed by atoms with Gasteiger partial charge in [0.2, 0.25) is 0 Å². The molecule has 0 spiro atoms. The Bertz CT molecular complexity index is 161. The fourth-order valence-corrected chi connectivity index (χ4v) is 1.03. The minimum absolute atomic E-state index is 0.0834. The number of hydrogen-bond donors (Lipinski definition) is 2. The van der Waals surface area contributed by atoms with Crippen molar-refractivity contribution in [1.82, 2.24) is 9.80 Å². The second-order valence-corrected chi connectivity index (χ2v) is 3.37. The zero-order valence-electron chi connectivity index (χ0n) is 8.53. The highest BCUT2D eigenvalue weighted by Crippen LogP contribution is 2.01. The molecule has 1 atom stereocenters. The van der Waals surface area contributed by atoms with Gasteiger partial charge in [-0.2, -0.15) is 0 Å². The van der Waals surface area contributed by atoms with Gasteiger partial charge in [0, 0.05) is 19.6 Å². The fraction of sp³-hybridized carbons (Fsp3) is 0.875. The Balaban J connectivity index is 3.94. The molecule has 5 heteroatoms. The topological polar surface area (TPSA) is 69.8 Å². The molecule has 0 rings (SSSR count). The Kier molecular flexibility index (Phi) is 5.41. The molecule has 0 aliphatic carbocycles. The summed E-state index contributed by atoms with van der Waals surface area (Å²) in [5.74, 6) is 0. The van der Waals surface area contributed by atoms with Crippen LogP contribution in [0.4, 0.5) is 4.79 Å². The van der Waals surface area contributed by atoms with Crippen molar-refractivity contribution in [3.8, 4) is 0 Å². The predicted molar refractivity (Wildman–Crippen MR) is 51.8 cm³/mol. The molecule has 1 amide bonds. The third kappa shape index (κ3) is 4.69. The van der Waals surface area contributed by atoms with Crippen LogP contribution < -0.4 is 5.73 Å². The van der Waals surface area contributed by atoms with Gasteiger partial charge in [0.05, 0.1) is 0 Å². The molecular weight excluding hydrogens is 170 g/mol. The summed E-state index contributed by atoms with van der Waals surface area (Å²) in [6.45, 7) is 1.22. The van der Waals surface area contributed by atoms with Gasteiger partial charge in [-0.1, -0.05) is 0 Å². The zero-order valence-corrected chi connectivity index (χ0v) is 8.53. The van der Waals surface area contributed by atoms with Crippen molar-refractivity contribution in [3.63, 3.8) is 0 Å². The lowest BCUT2D eigenvalue weighted by Crippen LogP contribution is -2.42. The Hall–Kier alpha value is -0.810. The van der Waals surface area contributed by atoms with Crippen LogP contribution in [0.15, 0.2) is 0 Å². The summed E-state index contributed by atoms with van der Waals surface area (Å²) in [5.41, 5.74) is 5.47. The molecule has 3 N–H and O–H groups in total. The van der Waals surface area contributed by atoms with E-state index in [4.69, 9.17) is 10.8 Å². The lowest BCUT2D eigenvalue weighted by molar-refractivity contribution is 0.134. The number of carboxylic acid groups (broad SMARTS) is 1. The van der Waals surface area contributed by atoms with E-state index in [0.29, 0.717) is 6.54 Å². The first kappa shape index (κ1) is 12.2. The van der Waals surface area contributed by atoms with E-state index in [-0.39, 0.29) is 6.04 Å². The SMILES string of the molecule is CN(C)CCC(CN)N(C)C(=O)O. The minimum atomic E-state index is -0.922. The maximum absolute atomic E-state index is 10.6. The highest BCUT2D eigenvalue weighted by atomic mass is 16.4. The standard InChI is InChI=1S/C8H19N3O2/c1-10(2)5-4-7(6-9)11(3)8(12)13/h7H,4-6,9H2,1-3H3,(H,12,13). The Morgan fingerprint density at radius 1 is 1.46 bits per heavy atom. The average molecular weight is 189 g/mol. The molecule has 0 fully saturated rings. The van der Waals surface area contributed by atoms with Gasteiger partial charge in [-0.05, 0) is 27.1 Å². The summed E-state index contributed by atoms with van der Waals surface area (Å²) in [6.07, 6.45) is -0.152. The summed E-state index contributed by atoms with van der Waals surface area (Å²) < 4.78 is 0. The van der Waals surface area contributed by atoms with Crippen molar-refractivity contribution in [3.05, 3.63) is 0 Å². The van der Waals surface area contributed by atoms with E-state index in [1.807, 2.05) is 19.0 Å². The summed E-state index contributed by atoms with van der Waals surface area (Å²) >= 11 is 0. The van der Waals surface area contributed by atoms with Crippen molar-refractivity contribution in [2.24, 2.45) is 5.73 Å². The van der Waals surface area contributed by atoms with E-state index in [1.165, 1.54) is 4.90 Å². The number of amides is 1.